The van der Waals surface area contributed by atoms with E-state index in [9.17, 15) is 4.79 Å². The zero-order valence-electron chi connectivity index (χ0n) is 10.9. The first-order chi connectivity index (χ1) is 9.83. The quantitative estimate of drug-likeness (QED) is 0.928. The number of alkyl carbamates (subject to hydrolysis) is 1. The maximum absolute atomic E-state index is 11.1. The van der Waals surface area contributed by atoms with Gasteiger partial charge in [0.2, 0.25) is 0 Å². The minimum absolute atomic E-state index is 0.144. The van der Waals surface area contributed by atoms with Gasteiger partial charge in [-0.3, -0.25) is 0 Å². The van der Waals surface area contributed by atoms with Crippen molar-refractivity contribution < 1.29 is 14.3 Å². The van der Waals surface area contributed by atoms with E-state index in [4.69, 9.17) is 9.47 Å². The Labute approximate surface area is 117 Å². The second-order valence-corrected chi connectivity index (χ2v) is 4.61. The second kappa shape index (κ2) is 5.65. The van der Waals surface area contributed by atoms with Crippen LogP contribution in [-0.2, 0) is 11.3 Å². The smallest absolute Gasteiger partial charge is 0.407 e. The molecule has 0 spiro atoms. The van der Waals surface area contributed by atoms with Crippen LogP contribution >= 0.6 is 0 Å². The van der Waals surface area contributed by atoms with E-state index in [1.807, 2.05) is 54.6 Å². The highest BCUT2D eigenvalue weighted by atomic mass is 16.6. The number of nitrogens with one attached hydrogen (secondary N) is 1. The molecule has 1 heterocycles. The van der Waals surface area contributed by atoms with Crippen LogP contribution in [0.2, 0.25) is 0 Å². The van der Waals surface area contributed by atoms with Crippen molar-refractivity contribution in [1.29, 1.82) is 0 Å². The number of cyclic esters (lactones) is 1. The summed E-state index contributed by atoms with van der Waals surface area (Å²) in [4.78, 5) is 11.1. The summed E-state index contributed by atoms with van der Waals surface area (Å²) >= 11 is 0. The fraction of sp³-hybridized carbons (Fsp3) is 0.188. The summed E-state index contributed by atoms with van der Waals surface area (Å²) in [5, 5.41) is 2.77. The summed E-state index contributed by atoms with van der Waals surface area (Å²) in [6, 6.07) is 17.5. The van der Waals surface area contributed by atoms with Gasteiger partial charge in [0.25, 0.3) is 0 Å². The molecule has 2 aromatic carbocycles. The molecule has 20 heavy (non-hydrogen) atoms. The van der Waals surface area contributed by atoms with Crippen LogP contribution in [0.1, 0.15) is 17.2 Å². The molecular weight excluding hydrogens is 254 g/mol. The van der Waals surface area contributed by atoms with Gasteiger partial charge >= 0.3 is 6.09 Å². The average Bonchev–Trinajstić information content (AvgIpc) is 2.93. The van der Waals surface area contributed by atoms with Crippen LogP contribution in [0.25, 0.3) is 0 Å². The summed E-state index contributed by atoms with van der Waals surface area (Å²) in [7, 11) is 0. The first-order valence-electron chi connectivity index (χ1n) is 6.52. The number of para-hydroxylation sites is 1. The predicted octanol–water partition coefficient (Wildman–Crippen LogP) is 3.05. The molecule has 0 radical (unpaired) electrons. The fourth-order valence-electron chi connectivity index (χ4n) is 2.19. The number of hydrogen-bond donors (Lipinski definition) is 1. The molecule has 1 amide bonds. The first-order valence-corrected chi connectivity index (χ1v) is 6.52. The van der Waals surface area contributed by atoms with Crippen molar-refractivity contribution in [3.63, 3.8) is 0 Å². The zero-order valence-corrected chi connectivity index (χ0v) is 10.9. The number of carbonyl (C=O) groups excluding carboxylic acids is 1. The first kappa shape index (κ1) is 12.5. The van der Waals surface area contributed by atoms with Crippen LogP contribution in [-0.4, -0.2) is 12.7 Å². The minimum Gasteiger partial charge on any atom is -0.489 e. The molecule has 0 saturated carbocycles. The maximum Gasteiger partial charge on any atom is 0.407 e. The number of rotatable bonds is 4. The highest BCUT2D eigenvalue weighted by Crippen LogP contribution is 2.28. The fourth-order valence-corrected chi connectivity index (χ4v) is 2.19. The minimum atomic E-state index is -0.382. The molecule has 1 aliphatic rings. The number of carbonyl (C=O) groups is 1. The van der Waals surface area contributed by atoms with Crippen LogP contribution in [0, 0.1) is 0 Å². The van der Waals surface area contributed by atoms with Crippen molar-refractivity contribution in [2.24, 2.45) is 0 Å². The largest absolute Gasteiger partial charge is 0.489 e. The van der Waals surface area contributed by atoms with Gasteiger partial charge in [0.05, 0.1) is 6.04 Å². The van der Waals surface area contributed by atoms with Crippen molar-refractivity contribution in [2.45, 2.75) is 12.6 Å². The molecule has 0 aromatic heterocycles. The molecule has 1 aliphatic heterocycles. The van der Waals surface area contributed by atoms with Gasteiger partial charge < -0.3 is 14.8 Å². The van der Waals surface area contributed by atoms with Gasteiger partial charge in [0.1, 0.15) is 19.0 Å². The molecule has 0 aliphatic carbocycles. The van der Waals surface area contributed by atoms with Crippen LogP contribution in [0.4, 0.5) is 4.79 Å². The van der Waals surface area contributed by atoms with Crippen molar-refractivity contribution in [3.8, 4) is 5.75 Å². The summed E-state index contributed by atoms with van der Waals surface area (Å²) < 4.78 is 10.8. The van der Waals surface area contributed by atoms with Crippen LogP contribution in [0.3, 0.4) is 0 Å². The number of ether oxygens (including phenoxy) is 2. The van der Waals surface area contributed by atoms with Crippen LogP contribution in [0.15, 0.2) is 54.6 Å². The summed E-state index contributed by atoms with van der Waals surface area (Å²) in [6.07, 6.45) is -0.382. The lowest BCUT2D eigenvalue weighted by Crippen LogP contribution is -2.19. The second-order valence-electron chi connectivity index (χ2n) is 4.61. The SMILES string of the molecule is O=C1N[C@@H](c2ccccc2OCc2ccccc2)CO1. The van der Waals surface area contributed by atoms with E-state index in [-0.39, 0.29) is 12.1 Å². The van der Waals surface area contributed by atoms with Gasteiger partial charge in [-0.25, -0.2) is 4.79 Å². The lowest BCUT2D eigenvalue weighted by Gasteiger charge is -2.14. The molecule has 1 N–H and O–H groups in total. The Balaban J connectivity index is 1.74. The van der Waals surface area contributed by atoms with Gasteiger partial charge in [0, 0.05) is 5.56 Å². The Kier molecular flexibility index (Phi) is 3.54. The van der Waals surface area contributed by atoms with E-state index < -0.39 is 0 Å². The Morgan fingerprint density at radius 3 is 2.60 bits per heavy atom. The summed E-state index contributed by atoms with van der Waals surface area (Å²) in [5.74, 6) is 0.771. The summed E-state index contributed by atoms with van der Waals surface area (Å²) in [6.45, 7) is 0.837. The molecule has 3 rings (SSSR count). The van der Waals surface area contributed by atoms with E-state index in [0.29, 0.717) is 13.2 Å². The molecule has 0 bridgehead atoms. The molecule has 1 atom stereocenters. The third-order valence-electron chi connectivity index (χ3n) is 3.20. The third-order valence-corrected chi connectivity index (χ3v) is 3.20. The van der Waals surface area contributed by atoms with E-state index in [0.717, 1.165) is 16.9 Å². The molecule has 4 heteroatoms. The Morgan fingerprint density at radius 1 is 1.10 bits per heavy atom. The normalized spacial score (nSPS) is 17.4. The van der Waals surface area contributed by atoms with Gasteiger partial charge in [-0.2, -0.15) is 0 Å². The van der Waals surface area contributed by atoms with Crippen LogP contribution < -0.4 is 10.1 Å². The van der Waals surface area contributed by atoms with E-state index in [2.05, 4.69) is 5.32 Å². The Morgan fingerprint density at radius 2 is 1.85 bits per heavy atom. The van der Waals surface area contributed by atoms with Crippen molar-refractivity contribution >= 4 is 6.09 Å². The molecule has 1 saturated heterocycles. The average molecular weight is 269 g/mol. The van der Waals surface area contributed by atoms with E-state index in [1.165, 1.54) is 0 Å². The van der Waals surface area contributed by atoms with Crippen molar-refractivity contribution in [3.05, 3.63) is 65.7 Å². The lowest BCUT2D eigenvalue weighted by atomic mass is 10.1. The standard InChI is InChI=1S/C16H15NO3/c18-16-17-14(11-20-16)13-8-4-5-9-15(13)19-10-12-6-2-1-3-7-12/h1-9,14H,10-11H2,(H,17,18)/t14-/m1/s1. The highest BCUT2D eigenvalue weighted by Gasteiger charge is 2.26. The molecule has 0 unspecified atom stereocenters. The molecule has 4 nitrogen and oxygen atoms in total. The monoisotopic (exact) mass is 269 g/mol. The number of hydrogen-bond acceptors (Lipinski definition) is 3. The Hall–Kier alpha value is -2.49. The number of amides is 1. The zero-order chi connectivity index (χ0) is 13.8. The van der Waals surface area contributed by atoms with Gasteiger partial charge in [0.15, 0.2) is 0 Å². The van der Waals surface area contributed by atoms with Crippen LogP contribution in [0.5, 0.6) is 5.75 Å². The van der Waals surface area contributed by atoms with E-state index >= 15 is 0 Å². The van der Waals surface area contributed by atoms with Crippen molar-refractivity contribution in [2.75, 3.05) is 6.61 Å². The van der Waals surface area contributed by atoms with Crippen molar-refractivity contribution in [1.82, 2.24) is 5.32 Å². The van der Waals surface area contributed by atoms with E-state index in [1.54, 1.807) is 0 Å². The van der Waals surface area contributed by atoms with Gasteiger partial charge in [-0.1, -0.05) is 48.5 Å². The van der Waals surface area contributed by atoms with Gasteiger partial charge in [-0.15, -0.1) is 0 Å². The highest BCUT2D eigenvalue weighted by molar-refractivity contribution is 5.70. The number of benzene rings is 2. The molecule has 1 fully saturated rings. The molecule has 102 valence electrons. The molecule has 2 aromatic rings. The molecular formula is C16H15NO3. The maximum atomic E-state index is 11.1. The summed E-state index contributed by atoms with van der Waals surface area (Å²) in [5.41, 5.74) is 2.04. The third kappa shape index (κ3) is 2.74. The predicted molar refractivity (Wildman–Crippen MR) is 74.4 cm³/mol. The van der Waals surface area contributed by atoms with Gasteiger partial charge in [-0.05, 0) is 11.6 Å². The lowest BCUT2D eigenvalue weighted by molar-refractivity contribution is 0.176. The topological polar surface area (TPSA) is 47.6 Å². The Bertz CT molecular complexity index is 598.